The van der Waals surface area contributed by atoms with Gasteiger partial charge in [-0.2, -0.15) is 0 Å². The average molecular weight is 333 g/mol. The lowest BCUT2D eigenvalue weighted by atomic mass is 9.99. The maximum Gasteiger partial charge on any atom is 0.0251 e. The summed E-state index contributed by atoms with van der Waals surface area (Å²) in [5.41, 5.74) is 5.65. The zero-order valence-electron chi connectivity index (χ0n) is 11.6. The molecule has 1 atom stereocenters. The molecule has 106 valence electrons. The monoisotopic (exact) mass is 332 g/mol. The smallest absolute Gasteiger partial charge is 0.0251 e. The van der Waals surface area contributed by atoms with Crippen LogP contribution in [0.4, 0.5) is 0 Å². The van der Waals surface area contributed by atoms with Crippen molar-refractivity contribution < 1.29 is 0 Å². The number of benzene rings is 2. The standard InChI is InChI=1S/C17H21BrN2/c18-16-11-9-15(10-12-16)13-17(20-19)8-4-7-14-5-2-1-3-6-14/h1-3,5-6,9-12,17,20H,4,7-8,13,19H2. The molecule has 0 amide bonds. The first kappa shape index (κ1) is 15.2. The molecule has 0 radical (unpaired) electrons. The first-order valence-electron chi connectivity index (χ1n) is 7.02. The van der Waals surface area contributed by atoms with Crippen LogP contribution < -0.4 is 11.3 Å². The van der Waals surface area contributed by atoms with Crippen LogP contribution in [0.25, 0.3) is 0 Å². The van der Waals surface area contributed by atoms with E-state index in [2.05, 4.69) is 76.0 Å². The lowest BCUT2D eigenvalue weighted by Gasteiger charge is -2.16. The summed E-state index contributed by atoms with van der Waals surface area (Å²) in [7, 11) is 0. The van der Waals surface area contributed by atoms with Crippen molar-refractivity contribution in [1.29, 1.82) is 0 Å². The Balaban J connectivity index is 1.79. The molecule has 0 fully saturated rings. The summed E-state index contributed by atoms with van der Waals surface area (Å²) >= 11 is 3.46. The van der Waals surface area contributed by atoms with Crippen molar-refractivity contribution in [3.05, 3.63) is 70.2 Å². The number of nitrogens with two attached hydrogens (primary N) is 1. The number of halogens is 1. The van der Waals surface area contributed by atoms with Crippen molar-refractivity contribution >= 4 is 15.9 Å². The van der Waals surface area contributed by atoms with E-state index in [1.54, 1.807) is 0 Å². The van der Waals surface area contributed by atoms with Crippen molar-refractivity contribution in [3.8, 4) is 0 Å². The van der Waals surface area contributed by atoms with Crippen LogP contribution in [0.1, 0.15) is 24.0 Å². The van der Waals surface area contributed by atoms with Gasteiger partial charge in [0.2, 0.25) is 0 Å². The highest BCUT2D eigenvalue weighted by atomic mass is 79.9. The fourth-order valence-corrected chi connectivity index (χ4v) is 2.61. The molecule has 3 heteroatoms. The minimum absolute atomic E-state index is 0.333. The summed E-state index contributed by atoms with van der Waals surface area (Å²) in [5.74, 6) is 5.67. The van der Waals surface area contributed by atoms with Gasteiger partial charge in [-0.3, -0.25) is 11.3 Å². The summed E-state index contributed by atoms with van der Waals surface area (Å²) in [6, 6.07) is 19.4. The summed E-state index contributed by atoms with van der Waals surface area (Å²) in [6.45, 7) is 0. The molecule has 20 heavy (non-hydrogen) atoms. The van der Waals surface area contributed by atoms with E-state index in [0.29, 0.717) is 6.04 Å². The second-order valence-corrected chi connectivity index (χ2v) is 5.99. The van der Waals surface area contributed by atoms with Crippen molar-refractivity contribution in [2.24, 2.45) is 5.84 Å². The van der Waals surface area contributed by atoms with Gasteiger partial charge in [0.1, 0.15) is 0 Å². The number of aryl methyl sites for hydroxylation is 1. The van der Waals surface area contributed by atoms with Gasteiger partial charge in [-0.1, -0.05) is 58.4 Å². The van der Waals surface area contributed by atoms with Crippen LogP contribution in [0.15, 0.2) is 59.1 Å². The van der Waals surface area contributed by atoms with Crippen LogP contribution in [0, 0.1) is 0 Å². The van der Waals surface area contributed by atoms with Crippen molar-refractivity contribution in [2.45, 2.75) is 31.7 Å². The Morgan fingerprint density at radius 1 is 0.950 bits per heavy atom. The van der Waals surface area contributed by atoms with Gasteiger partial charge < -0.3 is 0 Å². The molecule has 0 aromatic heterocycles. The van der Waals surface area contributed by atoms with E-state index in [1.165, 1.54) is 11.1 Å². The Morgan fingerprint density at radius 3 is 2.30 bits per heavy atom. The van der Waals surface area contributed by atoms with E-state index >= 15 is 0 Å². The zero-order chi connectivity index (χ0) is 14.2. The maximum absolute atomic E-state index is 5.67. The van der Waals surface area contributed by atoms with Gasteiger partial charge in [0.25, 0.3) is 0 Å². The Hall–Kier alpha value is -1.16. The minimum atomic E-state index is 0.333. The molecule has 0 spiro atoms. The van der Waals surface area contributed by atoms with Gasteiger partial charge in [-0.25, -0.2) is 0 Å². The number of hydrogen-bond acceptors (Lipinski definition) is 2. The van der Waals surface area contributed by atoms with Gasteiger partial charge in [0.15, 0.2) is 0 Å². The molecule has 2 nitrogen and oxygen atoms in total. The Labute approximate surface area is 129 Å². The van der Waals surface area contributed by atoms with Crippen molar-refractivity contribution in [1.82, 2.24) is 5.43 Å². The second-order valence-electron chi connectivity index (χ2n) is 5.07. The van der Waals surface area contributed by atoms with E-state index in [0.717, 1.165) is 30.2 Å². The topological polar surface area (TPSA) is 38.0 Å². The molecule has 1 unspecified atom stereocenters. The summed E-state index contributed by atoms with van der Waals surface area (Å²) in [4.78, 5) is 0. The minimum Gasteiger partial charge on any atom is -0.271 e. The first-order valence-corrected chi connectivity index (χ1v) is 7.81. The largest absolute Gasteiger partial charge is 0.271 e. The normalized spacial score (nSPS) is 12.3. The number of hydrogen-bond donors (Lipinski definition) is 2. The van der Waals surface area contributed by atoms with Crippen LogP contribution in [-0.4, -0.2) is 6.04 Å². The molecule has 0 aliphatic heterocycles. The van der Waals surface area contributed by atoms with Gasteiger partial charge in [-0.05, 0) is 48.9 Å². The highest BCUT2D eigenvalue weighted by molar-refractivity contribution is 9.10. The van der Waals surface area contributed by atoms with E-state index in [4.69, 9.17) is 5.84 Å². The third-order valence-corrected chi connectivity index (χ3v) is 4.02. The third kappa shape index (κ3) is 5.08. The van der Waals surface area contributed by atoms with Gasteiger partial charge in [0.05, 0.1) is 0 Å². The van der Waals surface area contributed by atoms with E-state index in [1.807, 2.05) is 0 Å². The second kappa shape index (κ2) is 8.20. The number of rotatable bonds is 7. The maximum atomic E-state index is 5.67. The van der Waals surface area contributed by atoms with Crippen LogP contribution >= 0.6 is 15.9 Å². The molecule has 0 saturated carbocycles. The molecule has 0 aliphatic rings. The molecule has 0 saturated heterocycles. The SMILES string of the molecule is NNC(CCCc1ccccc1)Cc1ccc(Br)cc1. The van der Waals surface area contributed by atoms with Crippen LogP contribution in [-0.2, 0) is 12.8 Å². The van der Waals surface area contributed by atoms with Gasteiger partial charge in [-0.15, -0.1) is 0 Å². The molecule has 2 aromatic rings. The molecule has 2 aromatic carbocycles. The lowest BCUT2D eigenvalue weighted by molar-refractivity contribution is 0.476. The van der Waals surface area contributed by atoms with Crippen LogP contribution in [0.5, 0.6) is 0 Å². The molecular formula is C17H21BrN2. The highest BCUT2D eigenvalue weighted by Gasteiger charge is 2.07. The predicted octanol–water partition coefficient (Wildman–Crippen LogP) is 3.85. The average Bonchev–Trinajstić information content (AvgIpc) is 2.49. The lowest BCUT2D eigenvalue weighted by Crippen LogP contribution is -2.36. The third-order valence-electron chi connectivity index (χ3n) is 3.49. The van der Waals surface area contributed by atoms with Crippen LogP contribution in [0.2, 0.25) is 0 Å². The molecule has 0 aliphatic carbocycles. The molecule has 3 N–H and O–H groups in total. The molecule has 2 rings (SSSR count). The molecular weight excluding hydrogens is 312 g/mol. The molecule has 0 bridgehead atoms. The summed E-state index contributed by atoms with van der Waals surface area (Å²) in [5, 5.41) is 0. The first-order chi connectivity index (χ1) is 9.78. The van der Waals surface area contributed by atoms with E-state index in [-0.39, 0.29) is 0 Å². The Morgan fingerprint density at radius 2 is 1.65 bits per heavy atom. The van der Waals surface area contributed by atoms with E-state index in [9.17, 15) is 0 Å². The number of hydrazine groups is 1. The zero-order valence-corrected chi connectivity index (χ0v) is 13.1. The Bertz CT molecular complexity index is 496. The number of nitrogens with one attached hydrogen (secondary N) is 1. The molecule has 0 heterocycles. The van der Waals surface area contributed by atoms with Crippen LogP contribution in [0.3, 0.4) is 0 Å². The fourth-order valence-electron chi connectivity index (χ4n) is 2.35. The Kier molecular flexibility index (Phi) is 6.25. The van der Waals surface area contributed by atoms with E-state index < -0.39 is 0 Å². The predicted molar refractivity (Wildman–Crippen MR) is 88.3 cm³/mol. The van der Waals surface area contributed by atoms with Gasteiger partial charge >= 0.3 is 0 Å². The fraction of sp³-hybridized carbons (Fsp3) is 0.294. The summed E-state index contributed by atoms with van der Waals surface area (Å²) in [6.07, 6.45) is 4.31. The van der Waals surface area contributed by atoms with Crippen molar-refractivity contribution in [3.63, 3.8) is 0 Å². The highest BCUT2D eigenvalue weighted by Crippen LogP contribution is 2.14. The summed E-state index contributed by atoms with van der Waals surface area (Å²) < 4.78 is 1.11. The van der Waals surface area contributed by atoms with Crippen molar-refractivity contribution in [2.75, 3.05) is 0 Å². The quantitative estimate of drug-likeness (QED) is 0.597. The van der Waals surface area contributed by atoms with Gasteiger partial charge in [0, 0.05) is 10.5 Å².